The predicted octanol–water partition coefficient (Wildman–Crippen LogP) is -3.57. The van der Waals surface area contributed by atoms with Gasteiger partial charge in [-0.3, -0.25) is 4.79 Å². The summed E-state index contributed by atoms with van der Waals surface area (Å²) in [6.07, 6.45) is -31.2. The van der Waals surface area contributed by atoms with Gasteiger partial charge in [0.2, 0.25) is 6.29 Å². The average molecular weight is 1240 g/mol. The summed E-state index contributed by atoms with van der Waals surface area (Å²) in [5, 5.41) is 172. The van der Waals surface area contributed by atoms with Crippen molar-refractivity contribution in [3.63, 3.8) is 0 Å². The number of aliphatic hydroxyl groups is 16. The molecule has 0 aromatic heterocycles. The van der Waals surface area contributed by atoms with E-state index < -0.39 is 196 Å². The van der Waals surface area contributed by atoms with Crippen molar-refractivity contribution in [1.29, 1.82) is 0 Å². The van der Waals surface area contributed by atoms with Crippen molar-refractivity contribution < 1.29 is 134 Å². The summed E-state index contributed by atoms with van der Waals surface area (Å²) in [5.74, 6) is -0.933. The van der Waals surface area contributed by atoms with Crippen molar-refractivity contribution >= 4 is 5.97 Å². The molecule has 0 unspecified atom stereocenters. The Labute approximate surface area is 499 Å². The largest absolute Gasteiger partial charge is 0.432 e. The van der Waals surface area contributed by atoms with Crippen molar-refractivity contribution in [1.82, 2.24) is 0 Å². The third kappa shape index (κ3) is 11.2. The van der Waals surface area contributed by atoms with Gasteiger partial charge in [0.05, 0.1) is 50.7 Å². The Morgan fingerprint density at radius 1 is 0.558 bits per heavy atom. The molecule has 0 aromatic carbocycles. The van der Waals surface area contributed by atoms with E-state index in [0.29, 0.717) is 57.8 Å². The van der Waals surface area contributed by atoms with Crippen LogP contribution in [0.2, 0.25) is 0 Å². The fraction of sp³-hybridized carbons (Fsp3) is 0.949. The Morgan fingerprint density at radius 3 is 1.80 bits per heavy atom. The van der Waals surface area contributed by atoms with E-state index in [9.17, 15) is 81.7 Å². The molecular formula is C59H96O27. The molecule has 10 aliphatic rings. The van der Waals surface area contributed by atoms with Crippen LogP contribution >= 0.6 is 0 Å². The quantitative estimate of drug-likeness (QED) is 0.0454. The maximum Gasteiger partial charge on any atom is 0.315 e. The SMILES string of the molecule is C[C@@H]1O[C@H](O[C@@H]2[C@@H](O)[C@H](O)[C@@H](OC[C@@H]3O[C@H](OC(=O)[C@]45CCC(C)(C)C[C@H]4C4=CC[C@H]6[C@]7(C)CC[C@H](O[C@H]8OC[C@H](O)[C@@H](O)[C@@H]8O[C@H]8O[C@@H](CO)[C@H](O)[C@@H](O)[C@@H]8O)[C@@](C)(CO)[C@H]7CC[C@]6(C)[C@@]4(C)CC5)[C@@H](O)[C@H](O)[C@H]3O)O[C@H]2CO)[C@@H](O)[C@H](O)[C@H]1O. The van der Waals surface area contributed by atoms with Crippen LogP contribution in [0.25, 0.3) is 0 Å². The van der Waals surface area contributed by atoms with E-state index >= 15 is 4.79 Å². The summed E-state index contributed by atoms with van der Waals surface area (Å²) < 4.78 is 59.2. The average Bonchev–Trinajstić information content (AvgIpc) is 0.679. The molecule has 9 fully saturated rings. The Bertz CT molecular complexity index is 2380. The van der Waals surface area contributed by atoms with Crippen molar-refractivity contribution in [2.75, 3.05) is 33.0 Å². The molecule has 33 atom stereocenters. The van der Waals surface area contributed by atoms with Crippen LogP contribution in [0.3, 0.4) is 0 Å². The minimum Gasteiger partial charge on any atom is -0.432 e. The molecule has 0 aromatic rings. The molecule has 16 N–H and O–H groups in total. The highest BCUT2D eigenvalue weighted by molar-refractivity contribution is 5.79. The normalized spacial score (nSPS) is 54.8. The van der Waals surface area contributed by atoms with Crippen LogP contribution in [-0.2, 0) is 52.2 Å². The van der Waals surface area contributed by atoms with Crippen molar-refractivity contribution in [3.05, 3.63) is 11.6 Å². The van der Waals surface area contributed by atoms with Gasteiger partial charge in [-0.2, -0.15) is 0 Å². The molecule has 0 spiro atoms. The van der Waals surface area contributed by atoms with Gasteiger partial charge in [-0.15, -0.1) is 0 Å². The fourth-order valence-electron chi connectivity index (χ4n) is 17.6. The first-order chi connectivity index (χ1) is 40.4. The van der Waals surface area contributed by atoms with Crippen LogP contribution in [0.5, 0.6) is 0 Å². The fourth-order valence-corrected chi connectivity index (χ4v) is 17.6. The highest BCUT2D eigenvalue weighted by Gasteiger charge is 2.71. The highest BCUT2D eigenvalue weighted by Crippen LogP contribution is 2.76. The third-order valence-electron chi connectivity index (χ3n) is 23.2. The number of hydrogen-bond donors (Lipinski definition) is 16. The maximum atomic E-state index is 15.2. The van der Waals surface area contributed by atoms with Gasteiger partial charge in [0, 0.05) is 5.41 Å². The second-order valence-corrected chi connectivity index (χ2v) is 28.5. The predicted molar refractivity (Wildman–Crippen MR) is 289 cm³/mol. The van der Waals surface area contributed by atoms with Crippen LogP contribution < -0.4 is 0 Å². The van der Waals surface area contributed by atoms with Gasteiger partial charge in [0.15, 0.2) is 25.2 Å². The summed E-state index contributed by atoms with van der Waals surface area (Å²) >= 11 is 0. The molecule has 0 amide bonds. The highest BCUT2D eigenvalue weighted by atomic mass is 16.8. The summed E-state index contributed by atoms with van der Waals surface area (Å²) in [5.41, 5.74) is -2.06. The van der Waals surface area contributed by atoms with Crippen molar-refractivity contribution in [2.45, 2.75) is 266 Å². The molecule has 5 aliphatic heterocycles. The molecule has 5 saturated heterocycles. The van der Waals surface area contributed by atoms with Crippen molar-refractivity contribution in [3.8, 4) is 0 Å². The zero-order valence-corrected chi connectivity index (χ0v) is 50.0. The topological polar surface area (TPSA) is 433 Å². The number of esters is 1. The Balaban J connectivity index is 0.833. The second-order valence-electron chi connectivity index (χ2n) is 28.5. The number of rotatable bonds is 14. The van der Waals surface area contributed by atoms with E-state index in [-0.39, 0.29) is 47.2 Å². The van der Waals surface area contributed by atoms with Gasteiger partial charge in [-0.05, 0) is 111 Å². The van der Waals surface area contributed by atoms with Crippen molar-refractivity contribution in [2.24, 2.45) is 50.2 Å². The number of carbonyl (C=O) groups is 1. The molecule has 86 heavy (non-hydrogen) atoms. The van der Waals surface area contributed by atoms with Crippen LogP contribution in [-0.4, -0.2) is 274 Å². The van der Waals surface area contributed by atoms with Gasteiger partial charge in [0.25, 0.3) is 0 Å². The molecule has 27 heteroatoms. The number of hydrogen-bond acceptors (Lipinski definition) is 27. The Kier molecular flexibility index (Phi) is 19.4. The summed E-state index contributed by atoms with van der Waals surface area (Å²) in [7, 11) is 0. The molecule has 10 rings (SSSR count). The Hall–Kier alpha value is -1.79. The van der Waals surface area contributed by atoms with Gasteiger partial charge >= 0.3 is 5.97 Å². The first-order valence-electron chi connectivity index (χ1n) is 30.8. The number of allylic oxidation sites excluding steroid dienone is 2. The number of ether oxygens (including phenoxy) is 10. The van der Waals surface area contributed by atoms with E-state index in [1.807, 2.05) is 6.92 Å². The monoisotopic (exact) mass is 1240 g/mol. The third-order valence-corrected chi connectivity index (χ3v) is 23.2. The van der Waals surface area contributed by atoms with E-state index in [4.69, 9.17) is 47.4 Å². The van der Waals surface area contributed by atoms with Gasteiger partial charge in [-0.1, -0.05) is 53.2 Å². The van der Waals surface area contributed by atoms with E-state index in [2.05, 4.69) is 40.7 Å². The standard InChI is InChI=1S/C59H96O27/c1-24-34(64)38(68)42(72)49(79-24)84-46-29(20-61)81-48(45(75)41(46)71)78-22-30-37(67)40(70)44(74)51(82-30)86-53(76)59-16-14-54(2,3)18-26(59)25-8-9-32-55(4)12-11-33(56(5,23-62)31(55)10-13-58(32,7)57(25,6)15-17-59)83-52-47(35(65)27(63)21-77-52)85-50-43(73)39(69)36(66)28(19-60)80-50/h8,24,26-52,60-75H,9-23H2,1-7H3/t24-,26-,27-,28-,29-,30-,31-,32-,33-,34-,35+,36-,37-,38+,39+,40+,41-,42-,43-,44-,45-,46-,47-,48-,49+,50+,51+,52+,55+,56-,57-,58-,59-/m0/s1. The molecule has 4 saturated carbocycles. The van der Waals surface area contributed by atoms with Crippen LogP contribution in [0.4, 0.5) is 0 Å². The molecule has 5 aliphatic carbocycles. The lowest BCUT2D eigenvalue weighted by molar-refractivity contribution is -0.368. The lowest BCUT2D eigenvalue weighted by Gasteiger charge is -2.71. The first kappa shape index (κ1) is 67.1. The molecule has 0 radical (unpaired) electrons. The smallest absolute Gasteiger partial charge is 0.315 e. The molecular weight excluding hydrogens is 1140 g/mol. The first-order valence-corrected chi connectivity index (χ1v) is 30.8. The molecule has 0 bridgehead atoms. The van der Waals surface area contributed by atoms with Gasteiger partial charge < -0.3 is 129 Å². The van der Waals surface area contributed by atoms with E-state index in [1.165, 1.54) is 12.5 Å². The van der Waals surface area contributed by atoms with Crippen LogP contribution in [0, 0.1) is 50.2 Å². The summed E-state index contributed by atoms with van der Waals surface area (Å²) in [6.45, 7) is 12.0. The number of carbonyl (C=O) groups excluding carboxylic acids is 1. The minimum atomic E-state index is -1.91. The maximum absolute atomic E-state index is 15.2. The minimum absolute atomic E-state index is 0.0953. The summed E-state index contributed by atoms with van der Waals surface area (Å²) in [4.78, 5) is 15.2. The zero-order chi connectivity index (χ0) is 62.7. The summed E-state index contributed by atoms with van der Waals surface area (Å²) in [6, 6.07) is 0. The van der Waals surface area contributed by atoms with Crippen LogP contribution in [0.15, 0.2) is 11.6 Å². The molecule has 494 valence electrons. The van der Waals surface area contributed by atoms with Gasteiger partial charge in [-0.25, -0.2) is 0 Å². The lowest BCUT2D eigenvalue weighted by Crippen LogP contribution is -2.67. The van der Waals surface area contributed by atoms with E-state index in [0.717, 1.165) is 6.42 Å². The van der Waals surface area contributed by atoms with E-state index in [1.54, 1.807) is 0 Å². The Morgan fingerprint density at radius 2 is 1.14 bits per heavy atom. The molecule has 5 heterocycles. The van der Waals surface area contributed by atoms with Crippen LogP contribution in [0.1, 0.15) is 113 Å². The number of fused-ring (bicyclic) bond motifs is 7. The molecule has 27 nitrogen and oxygen atoms in total. The lowest BCUT2D eigenvalue weighted by atomic mass is 9.33. The zero-order valence-electron chi connectivity index (χ0n) is 50.0. The number of aliphatic hydroxyl groups excluding tert-OH is 16. The van der Waals surface area contributed by atoms with Gasteiger partial charge in [0.1, 0.15) is 110 Å². The second kappa shape index (κ2) is 24.9.